The molecule has 0 aliphatic heterocycles. The van der Waals surface area contributed by atoms with Crippen LogP contribution >= 0.6 is 0 Å². The number of halogens is 3. The Morgan fingerprint density at radius 2 is 2.13 bits per heavy atom. The maximum Gasteiger partial charge on any atom is 0.433 e. The molecule has 0 radical (unpaired) electrons. The summed E-state index contributed by atoms with van der Waals surface area (Å²) in [6, 6.07) is 2.50. The molecule has 76 valence electrons. The molecule has 0 amide bonds. The summed E-state index contributed by atoms with van der Waals surface area (Å²) in [6.45, 7) is 0. The summed E-state index contributed by atoms with van der Waals surface area (Å²) in [4.78, 5) is 6.94. The van der Waals surface area contributed by atoms with Crippen LogP contribution in [0.15, 0.2) is 18.6 Å². The molecule has 0 aliphatic rings. The molecular formula is C8H3F3N4. The first-order valence-corrected chi connectivity index (χ1v) is 3.83. The summed E-state index contributed by atoms with van der Waals surface area (Å²) in [5.41, 5.74) is -1.25. The van der Waals surface area contributed by atoms with Crippen LogP contribution in [-0.2, 0) is 6.18 Å². The molecule has 0 atom stereocenters. The molecule has 15 heavy (non-hydrogen) atoms. The van der Waals surface area contributed by atoms with Gasteiger partial charge in [-0.2, -0.15) is 18.4 Å². The Kier molecular flexibility index (Phi) is 1.86. The van der Waals surface area contributed by atoms with Crippen molar-refractivity contribution in [3.05, 3.63) is 30.0 Å². The van der Waals surface area contributed by atoms with Gasteiger partial charge in [-0.15, -0.1) is 0 Å². The number of rotatable bonds is 0. The second-order valence-corrected chi connectivity index (χ2v) is 2.75. The minimum absolute atomic E-state index is 0.0904. The van der Waals surface area contributed by atoms with Crippen molar-refractivity contribution in [1.29, 1.82) is 5.26 Å². The zero-order valence-electron chi connectivity index (χ0n) is 7.15. The molecule has 2 rings (SSSR count). The normalized spacial score (nSPS) is 11.6. The van der Waals surface area contributed by atoms with E-state index in [0.717, 1.165) is 6.07 Å². The molecule has 7 heteroatoms. The lowest BCUT2D eigenvalue weighted by Crippen LogP contribution is -2.08. The molecule has 0 saturated heterocycles. The Hall–Kier alpha value is -2.10. The van der Waals surface area contributed by atoms with E-state index < -0.39 is 11.9 Å². The molecule has 0 bridgehead atoms. The van der Waals surface area contributed by atoms with Gasteiger partial charge in [-0.1, -0.05) is 0 Å². The quantitative estimate of drug-likeness (QED) is 0.666. The van der Waals surface area contributed by atoms with Crippen LogP contribution in [-0.4, -0.2) is 14.4 Å². The first kappa shape index (κ1) is 9.45. The van der Waals surface area contributed by atoms with Gasteiger partial charge in [0.2, 0.25) is 0 Å². The van der Waals surface area contributed by atoms with Gasteiger partial charge in [0, 0.05) is 6.20 Å². The predicted octanol–water partition coefficient (Wildman–Crippen LogP) is 1.62. The molecule has 0 aromatic carbocycles. The summed E-state index contributed by atoms with van der Waals surface area (Å²) in [7, 11) is 0. The second kappa shape index (κ2) is 2.95. The van der Waals surface area contributed by atoms with Gasteiger partial charge >= 0.3 is 6.18 Å². The molecule has 0 spiro atoms. The maximum atomic E-state index is 12.3. The van der Waals surface area contributed by atoms with Crippen molar-refractivity contribution in [3.63, 3.8) is 0 Å². The Balaban J connectivity index is 2.69. The molecule has 0 saturated carbocycles. The van der Waals surface area contributed by atoms with Crippen LogP contribution in [0.4, 0.5) is 13.2 Å². The fraction of sp³-hybridized carbons (Fsp3) is 0.125. The molecule has 4 nitrogen and oxygen atoms in total. The van der Waals surface area contributed by atoms with Crippen molar-refractivity contribution in [1.82, 2.24) is 14.4 Å². The Morgan fingerprint density at radius 1 is 1.40 bits per heavy atom. The van der Waals surface area contributed by atoms with E-state index in [2.05, 4.69) is 9.97 Å². The lowest BCUT2D eigenvalue weighted by atomic mass is 10.4. The molecule has 2 heterocycles. The van der Waals surface area contributed by atoms with Crippen molar-refractivity contribution in [2.75, 3.05) is 0 Å². The third kappa shape index (κ3) is 1.50. The van der Waals surface area contributed by atoms with Crippen molar-refractivity contribution in [2.45, 2.75) is 6.18 Å². The monoisotopic (exact) mass is 212 g/mol. The highest BCUT2D eigenvalue weighted by Gasteiger charge is 2.32. The van der Waals surface area contributed by atoms with Gasteiger partial charge in [0.15, 0.2) is 11.3 Å². The highest BCUT2D eigenvalue weighted by Crippen LogP contribution is 2.27. The maximum absolute atomic E-state index is 12.3. The van der Waals surface area contributed by atoms with Crippen LogP contribution in [0.5, 0.6) is 0 Å². The Labute approximate surface area is 81.6 Å². The summed E-state index contributed by atoms with van der Waals surface area (Å²) >= 11 is 0. The Bertz CT molecular complexity index is 549. The average molecular weight is 212 g/mol. The number of aromatic nitrogens is 3. The fourth-order valence-corrected chi connectivity index (χ4v) is 1.11. The van der Waals surface area contributed by atoms with Gasteiger partial charge in [-0.25, -0.2) is 9.97 Å². The summed E-state index contributed by atoms with van der Waals surface area (Å²) in [5, 5.41) is 8.57. The topological polar surface area (TPSA) is 54.0 Å². The van der Waals surface area contributed by atoms with Gasteiger partial charge in [0.25, 0.3) is 0 Å². The average Bonchev–Trinajstić information content (AvgIpc) is 2.57. The number of nitrogens with zero attached hydrogens (tertiary/aromatic N) is 4. The van der Waals surface area contributed by atoms with Crippen LogP contribution in [0.1, 0.15) is 11.4 Å². The number of alkyl halides is 3. The highest BCUT2D eigenvalue weighted by molar-refractivity contribution is 5.51. The first-order valence-electron chi connectivity index (χ1n) is 3.83. The molecule has 2 aromatic rings. The van der Waals surface area contributed by atoms with E-state index in [1.807, 2.05) is 0 Å². The summed E-state index contributed by atoms with van der Waals surface area (Å²) in [6.07, 6.45) is -2.11. The fourth-order valence-electron chi connectivity index (χ4n) is 1.11. The lowest BCUT2D eigenvalue weighted by molar-refractivity contribution is -0.141. The lowest BCUT2D eigenvalue weighted by Gasteiger charge is -2.04. The number of nitriles is 1. The van der Waals surface area contributed by atoms with E-state index in [-0.39, 0.29) is 11.3 Å². The first-order chi connectivity index (χ1) is 7.02. The molecular weight excluding hydrogens is 209 g/mol. The Morgan fingerprint density at radius 3 is 2.73 bits per heavy atom. The van der Waals surface area contributed by atoms with Crippen LogP contribution in [0.25, 0.3) is 5.65 Å². The van der Waals surface area contributed by atoms with Crippen molar-refractivity contribution >= 4 is 5.65 Å². The molecule has 0 fully saturated rings. The van der Waals surface area contributed by atoms with E-state index in [9.17, 15) is 13.2 Å². The molecule has 2 aromatic heterocycles. The zero-order chi connectivity index (χ0) is 11.1. The summed E-state index contributed by atoms with van der Waals surface area (Å²) in [5.74, 6) is 0. The molecule has 0 unspecified atom stereocenters. The highest BCUT2D eigenvalue weighted by atomic mass is 19.4. The molecule has 0 aliphatic carbocycles. The number of fused-ring (bicyclic) bond motifs is 1. The minimum atomic E-state index is -4.52. The van der Waals surface area contributed by atoms with Crippen LogP contribution < -0.4 is 0 Å². The van der Waals surface area contributed by atoms with E-state index >= 15 is 0 Å². The minimum Gasteiger partial charge on any atom is -0.290 e. The van der Waals surface area contributed by atoms with Gasteiger partial charge in [0.05, 0.1) is 0 Å². The van der Waals surface area contributed by atoms with Crippen LogP contribution in [0, 0.1) is 11.3 Å². The van der Waals surface area contributed by atoms with E-state index in [0.29, 0.717) is 0 Å². The zero-order valence-corrected chi connectivity index (χ0v) is 7.15. The van der Waals surface area contributed by atoms with Gasteiger partial charge < -0.3 is 0 Å². The van der Waals surface area contributed by atoms with Crippen molar-refractivity contribution in [2.24, 2.45) is 0 Å². The van der Waals surface area contributed by atoms with E-state index in [1.165, 1.54) is 16.9 Å². The van der Waals surface area contributed by atoms with Crippen LogP contribution in [0.3, 0.4) is 0 Å². The van der Waals surface area contributed by atoms with Crippen LogP contribution in [0.2, 0.25) is 0 Å². The standard InChI is InChI=1S/C8H3F3N4/c9-8(10,11)6-1-2-15-4-13-5(3-12)7(15)14-6/h1-2,4H. The largest absolute Gasteiger partial charge is 0.433 e. The second-order valence-electron chi connectivity index (χ2n) is 2.75. The van der Waals surface area contributed by atoms with E-state index in [4.69, 9.17) is 5.26 Å². The predicted molar refractivity (Wildman–Crippen MR) is 42.7 cm³/mol. The smallest absolute Gasteiger partial charge is 0.290 e. The van der Waals surface area contributed by atoms with Gasteiger partial charge in [-0.05, 0) is 6.07 Å². The SMILES string of the molecule is N#Cc1ncn2ccc(C(F)(F)F)nc12. The number of imidazole rings is 1. The number of hydrogen-bond donors (Lipinski definition) is 0. The van der Waals surface area contributed by atoms with Gasteiger partial charge in [-0.3, -0.25) is 4.40 Å². The third-order valence-electron chi connectivity index (χ3n) is 1.78. The summed E-state index contributed by atoms with van der Waals surface area (Å²) < 4.78 is 38.1. The molecule has 0 N–H and O–H groups in total. The van der Waals surface area contributed by atoms with E-state index in [1.54, 1.807) is 6.07 Å². The number of hydrogen-bond acceptors (Lipinski definition) is 3. The van der Waals surface area contributed by atoms with Gasteiger partial charge in [0.1, 0.15) is 18.1 Å². The van der Waals surface area contributed by atoms with Crippen molar-refractivity contribution < 1.29 is 13.2 Å². The van der Waals surface area contributed by atoms with Crippen molar-refractivity contribution in [3.8, 4) is 6.07 Å². The third-order valence-corrected chi connectivity index (χ3v) is 1.78.